The maximum absolute atomic E-state index is 5.90. The van der Waals surface area contributed by atoms with Crippen molar-refractivity contribution in [1.82, 2.24) is 15.1 Å². The highest BCUT2D eigenvalue weighted by molar-refractivity contribution is 6.21. The van der Waals surface area contributed by atoms with E-state index in [1.807, 2.05) is 24.0 Å². The lowest BCUT2D eigenvalue weighted by atomic mass is 9.85. The van der Waals surface area contributed by atoms with Crippen molar-refractivity contribution in [3.05, 3.63) is 18.0 Å². The van der Waals surface area contributed by atoms with Crippen LogP contribution in [0.15, 0.2) is 12.3 Å². The summed E-state index contributed by atoms with van der Waals surface area (Å²) in [6.45, 7) is 1.93. The van der Waals surface area contributed by atoms with E-state index in [1.54, 1.807) is 0 Å². The van der Waals surface area contributed by atoms with Crippen LogP contribution in [0.5, 0.6) is 0 Å². The molecule has 14 heavy (non-hydrogen) atoms. The van der Waals surface area contributed by atoms with Crippen molar-refractivity contribution in [1.29, 1.82) is 0 Å². The van der Waals surface area contributed by atoms with Gasteiger partial charge in [-0.05, 0) is 31.4 Å². The highest BCUT2D eigenvalue weighted by atomic mass is 35.5. The Morgan fingerprint density at radius 3 is 3.00 bits per heavy atom. The van der Waals surface area contributed by atoms with Gasteiger partial charge < -0.3 is 5.32 Å². The van der Waals surface area contributed by atoms with E-state index < -0.39 is 0 Å². The zero-order valence-electron chi connectivity index (χ0n) is 8.41. The Hall–Kier alpha value is -0.540. The van der Waals surface area contributed by atoms with Crippen molar-refractivity contribution in [2.45, 2.75) is 24.8 Å². The molecule has 1 aliphatic rings. The average Bonchev–Trinajstić information content (AvgIpc) is 2.48. The number of alkyl halides is 1. The fourth-order valence-electron chi connectivity index (χ4n) is 1.78. The number of aromatic nitrogens is 2. The maximum Gasteiger partial charge on any atom is 0.0762 e. The first-order chi connectivity index (χ1) is 6.74. The average molecular weight is 214 g/mol. The third-order valence-corrected chi connectivity index (χ3v) is 3.04. The number of nitrogens with one attached hydrogen (secondary N) is 1. The van der Waals surface area contributed by atoms with Gasteiger partial charge in [0.15, 0.2) is 0 Å². The third kappa shape index (κ3) is 2.49. The highest BCUT2D eigenvalue weighted by Crippen LogP contribution is 2.31. The number of halogens is 1. The Kier molecular flexibility index (Phi) is 3.08. The molecule has 1 aromatic heterocycles. The van der Waals surface area contributed by atoms with Gasteiger partial charge in [-0.1, -0.05) is 0 Å². The van der Waals surface area contributed by atoms with E-state index in [-0.39, 0.29) is 0 Å². The van der Waals surface area contributed by atoms with E-state index in [2.05, 4.69) is 10.4 Å². The summed E-state index contributed by atoms with van der Waals surface area (Å²) in [5.74, 6) is 0.779. The van der Waals surface area contributed by atoms with Crippen molar-refractivity contribution in [3.63, 3.8) is 0 Å². The van der Waals surface area contributed by atoms with Crippen molar-refractivity contribution in [2.24, 2.45) is 13.0 Å². The molecule has 0 atom stereocenters. The summed E-state index contributed by atoms with van der Waals surface area (Å²) in [5.41, 5.74) is 1.11. The molecule has 78 valence electrons. The lowest BCUT2D eigenvalue weighted by molar-refractivity contribution is 0.308. The summed E-state index contributed by atoms with van der Waals surface area (Å²) in [7, 11) is 1.94. The number of hydrogen-bond acceptors (Lipinski definition) is 2. The number of nitrogens with zero attached hydrogens (tertiary/aromatic N) is 2. The number of hydrogen-bond donors (Lipinski definition) is 1. The molecule has 3 nitrogen and oxygen atoms in total. The molecule has 0 aromatic carbocycles. The normalized spacial score (nSPS) is 26.1. The van der Waals surface area contributed by atoms with E-state index >= 15 is 0 Å². The van der Waals surface area contributed by atoms with Crippen molar-refractivity contribution in [2.75, 3.05) is 6.54 Å². The molecule has 1 fully saturated rings. The van der Waals surface area contributed by atoms with Crippen LogP contribution in [0.4, 0.5) is 0 Å². The first kappa shape index (κ1) is 9.99. The third-order valence-electron chi connectivity index (χ3n) is 2.69. The molecule has 0 spiro atoms. The summed E-state index contributed by atoms with van der Waals surface area (Å²) >= 11 is 5.90. The van der Waals surface area contributed by atoms with Gasteiger partial charge in [-0.3, -0.25) is 4.68 Å². The minimum absolute atomic E-state index is 0.427. The Labute approximate surface area is 89.4 Å². The van der Waals surface area contributed by atoms with Crippen molar-refractivity contribution >= 4 is 11.6 Å². The van der Waals surface area contributed by atoms with E-state index in [9.17, 15) is 0 Å². The maximum atomic E-state index is 5.90. The molecule has 1 aliphatic carbocycles. The molecule has 0 saturated heterocycles. The van der Waals surface area contributed by atoms with E-state index in [0.717, 1.165) is 37.5 Å². The van der Waals surface area contributed by atoms with Gasteiger partial charge in [0.1, 0.15) is 0 Å². The SMILES string of the molecule is Cn1ccc(CNCC2CC(Cl)C2)n1. The van der Waals surface area contributed by atoms with Gasteiger partial charge in [0.05, 0.1) is 5.69 Å². The Morgan fingerprint density at radius 1 is 1.64 bits per heavy atom. The zero-order valence-corrected chi connectivity index (χ0v) is 9.17. The summed E-state index contributed by atoms with van der Waals surface area (Å²) in [6, 6.07) is 2.04. The van der Waals surface area contributed by atoms with Crippen LogP contribution in [0.2, 0.25) is 0 Å². The monoisotopic (exact) mass is 213 g/mol. The molecule has 2 rings (SSSR count). The van der Waals surface area contributed by atoms with Crippen molar-refractivity contribution < 1.29 is 0 Å². The van der Waals surface area contributed by atoms with E-state index in [4.69, 9.17) is 11.6 Å². The molecule has 0 amide bonds. The Bertz CT molecular complexity index is 291. The van der Waals surface area contributed by atoms with Crippen LogP contribution < -0.4 is 5.32 Å². The van der Waals surface area contributed by atoms with Crippen molar-refractivity contribution in [3.8, 4) is 0 Å². The molecule has 0 radical (unpaired) electrons. The topological polar surface area (TPSA) is 29.9 Å². The molecule has 0 aliphatic heterocycles. The number of rotatable bonds is 4. The molecule has 1 N–H and O–H groups in total. The van der Waals surface area contributed by atoms with Gasteiger partial charge in [0.2, 0.25) is 0 Å². The lowest BCUT2D eigenvalue weighted by Gasteiger charge is -2.30. The first-order valence-corrected chi connectivity index (χ1v) is 5.51. The standard InChI is InChI=1S/C10H16ClN3/c1-14-3-2-10(13-14)7-12-6-8-4-9(11)5-8/h2-3,8-9,12H,4-7H2,1H3. The predicted molar refractivity (Wildman–Crippen MR) is 57.3 cm³/mol. The summed E-state index contributed by atoms with van der Waals surface area (Å²) in [5, 5.41) is 8.12. The smallest absolute Gasteiger partial charge is 0.0762 e. The second kappa shape index (κ2) is 4.32. The minimum Gasteiger partial charge on any atom is -0.311 e. The van der Waals surface area contributed by atoms with Gasteiger partial charge in [-0.25, -0.2) is 0 Å². The molecule has 0 unspecified atom stereocenters. The fourth-order valence-corrected chi connectivity index (χ4v) is 2.29. The van der Waals surface area contributed by atoms with Crippen LogP contribution in [0.25, 0.3) is 0 Å². The Morgan fingerprint density at radius 2 is 2.43 bits per heavy atom. The summed E-state index contributed by atoms with van der Waals surface area (Å²) in [4.78, 5) is 0. The van der Waals surface area contributed by atoms with Crippen LogP contribution in [0.1, 0.15) is 18.5 Å². The first-order valence-electron chi connectivity index (χ1n) is 5.07. The molecule has 1 aromatic rings. The van der Waals surface area contributed by atoms with Gasteiger partial charge in [0.25, 0.3) is 0 Å². The second-order valence-electron chi connectivity index (χ2n) is 4.05. The minimum atomic E-state index is 0.427. The van der Waals surface area contributed by atoms with Gasteiger partial charge in [-0.15, -0.1) is 11.6 Å². The van der Waals surface area contributed by atoms with Gasteiger partial charge in [-0.2, -0.15) is 5.10 Å². The molecule has 4 heteroatoms. The van der Waals surface area contributed by atoms with Crippen LogP contribution in [0.3, 0.4) is 0 Å². The van der Waals surface area contributed by atoms with Crippen LogP contribution >= 0.6 is 11.6 Å². The second-order valence-corrected chi connectivity index (χ2v) is 4.66. The quantitative estimate of drug-likeness (QED) is 0.769. The highest BCUT2D eigenvalue weighted by Gasteiger charge is 2.26. The molecular weight excluding hydrogens is 198 g/mol. The largest absolute Gasteiger partial charge is 0.311 e. The van der Waals surface area contributed by atoms with E-state index in [1.165, 1.54) is 0 Å². The number of aryl methyl sites for hydroxylation is 1. The van der Waals surface area contributed by atoms with Crippen LogP contribution in [-0.2, 0) is 13.6 Å². The molecule has 0 bridgehead atoms. The predicted octanol–water partition coefficient (Wildman–Crippen LogP) is 1.53. The summed E-state index contributed by atoms with van der Waals surface area (Å²) in [6.07, 6.45) is 4.29. The van der Waals surface area contributed by atoms with Crippen LogP contribution in [0, 0.1) is 5.92 Å². The lowest BCUT2D eigenvalue weighted by Crippen LogP contribution is -2.33. The Balaban J connectivity index is 1.63. The van der Waals surface area contributed by atoms with Crippen LogP contribution in [-0.4, -0.2) is 21.7 Å². The van der Waals surface area contributed by atoms with Gasteiger partial charge in [0, 0.05) is 25.2 Å². The fraction of sp³-hybridized carbons (Fsp3) is 0.700. The van der Waals surface area contributed by atoms with E-state index in [0.29, 0.717) is 5.38 Å². The molecular formula is C10H16ClN3. The zero-order chi connectivity index (χ0) is 9.97. The molecule has 1 heterocycles. The summed E-state index contributed by atoms with van der Waals surface area (Å²) < 4.78 is 1.83. The van der Waals surface area contributed by atoms with Gasteiger partial charge >= 0.3 is 0 Å². The molecule has 1 saturated carbocycles.